The molecule has 1 aromatic carbocycles. The van der Waals surface area contributed by atoms with Crippen molar-refractivity contribution in [3.63, 3.8) is 0 Å². The van der Waals surface area contributed by atoms with Gasteiger partial charge >= 0.3 is 0 Å². The van der Waals surface area contributed by atoms with Crippen molar-refractivity contribution in [2.24, 2.45) is 10.9 Å². The number of nitrogens with one attached hydrogen (secondary N) is 2. The van der Waals surface area contributed by atoms with E-state index in [1.54, 1.807) is 0 Å². The van der Waals surface area contributed by atoms with Crippen LogP contribution in [0.5, 0.6) is 0 Å². The smallest absolute Gasteiger partial charge is 0.191 e. The second kappa shape index (κ2) is 12.6. The Morgan fingerprint density at radius 1 is 1.04 bits per heavy atom. The van der Waals surface area contributed by atoms with Crippen molar-refractivity contribution in [2.75, 3.05) is 13.1 Å². The summed E-state index contributed by atoms with van der Waals surface area (Å²) in [7, 11) is 0. The Morgan fingerprint density at radius 2 is 1.65 bits per heavy atom. The third-order valence-corrected chi connectivity index (χ3v) is 3.05. The summed E-state index contributed by atoms with van der Waals surface area (Å²) in [4.78, 5) is 4.62. The van der Waals surface area contributed by atoms with E-state index in [1.807, 2.05) is 0 Å². The van der Waals surface area contributed by atoms with Crippen molar-refractivity contribution in [3.8, 4) is 0 Å². The van der Waals surface area contributed by atoms with E-state index >= 15 is 0 Å². The molecule has 0 amide bonds. The molecule has 0 unspecified atom stereocenters. The molecule has 0 spiro atoms. The number of nitrogens with zero attached hydrogens (tertiary/aromatic N) is 1. The first kappa shape index (κ1) is 22.2. The van der Waals surface area contributed by atoms with E-state index < -0.39 is 0 Å². The molecule has 0 aliphatic carbocycles. The number of hydrogen-bond donors (Lipinski definition) is 2. The van der Waals surface area contributed by atoms with Gasteiger partial charge in [-0.1, -0.05) is 38.1 Å². The predicted molar refractivity (Wildman–Crippen MR) is 109 cm³/mol. The largest absolute Gasteiger partial charge is 0.374 e. The Bertz CT molecular complexity index is 444. The topological polar surface area (TPSA) is 45.7 Å². The second-order valence-electron chi connectivity index (χ2n) is 6.15. The van der Waals surface area contributed by atoms with E-state index in [0.29, 0.717) is 19.1 Å². The predicted octanol–water partition coefficient (Wildman–Crippen LogP) is 3.94. The molecule has 1 rings (SSSR count). The van der Waals surface area contributed by atoms with Crippen LogP contribution in [0.1, 0.15) is 45.7 Å². The molecule has 0 heterocycles. The van der Waals surface area contributed by atoms with E-state index in [2.05, 4.69) is 74.5 Å². The fourth-order valence-electron chi connectivity index (χ4n) is 1.82. The SMILES string of the molecule is CCNC(=NCc1ccc(COC(C)C)cc1)NCC(C)C.I. The third kappa shape index (κ3) is 10.5. The maximum absolute atomic E-state index is 5.60. The van der Waals surface area contributed by atoms with Gasteiger partial charge in [0.25, 0.3) is 0 Å². The number of hydrogen-bond acceptors (Lipinski definition) is 2. The Hall–Kier alpha value is -0.820. The minimum absolute atomic E-state index is 0. The van der Waals surface area contributed by atoms with Crippen LogP contribution in [-0.4, -0.2) is 25.2 Å². The van der Waals surface area contributed by atoms with Crippen LogP contribution in [0, 0.1) is 5.92 Å². The molecule has 23 heavy (non-hydrogen) atoms. The lowest BCUT2D eigenvalue weighted by Gasteiger charge is -2.13. The molecule has 5 heteroatoms. The van der Waals surface area contributed by atoms with E-state index in [-0.39, 0.29) is 30.1 Å². The minimum atomic E-state index is 0. The standard InChI is InChI=1S/C18H31N3O.HI/c1-6-19-18(20-11-14(2)3)21-12-16-7-9-17(10-8-16)13-22-15(4)5;/h7-10,14-15H,6,11-13H2,1-5H3,(H2,19,20,21);1H. The summed E-state index contributed by atoms with van der Waals surface area (Å²) >= 11 is 0. The van der Waals surface area contributed by atoms with Crippen LogP contribution in [0.4, 0.5) is 0 Å². The molecule has 0 aromatic heterocycles. The van der Waals surface area contributed by atoms with E-state index in [9.17, 15) is 0 Å². The molecule has 1 aromatic rings. The van der Waals surface area contributed by atoms with Crippen molar-refractivity contribution in [1.82, 2.24) is 10.6 Å². The summed E-state index contributed by atoms with van der Waals surface area (Å²) in [5, 5.41) is 6.62. The van der Waals surface area contributed by atoms with Crippen molar-refractivity contribution in [3.05, 3.63) is 35.4 Å². The molecule has 0 atom stereocenters. The van der Waals surface area contributed by atoms with Gasteiger partial charge in [0.2, 0.25) is 0 Å². The van der Waals surface area contributed by atoms with Gasteiger partial charge < -0.3 is 15.4 Å². The molecule has 0 saturated carbocycles. The lowest BCUT2D eigenvalue weighted by Crippen LogP contribution is -2.39. The Balaban J connectivity index is 0.00000484. The first-order valence-corrected chi connectivity index (χ1v) is 8.22. The van der Waals surface area contributed by atoms with Gasteiger partial charge in [-0.15, -0.1) is 24.0 Å². The molecule has 0 saturated heterocycles. The summed E-state index contributed by atoms with van der Waals surface area (Å²) in [6.45, 7) is 13.7. The van der Waals surface area contributed by atoms with Crippen LogP contribution in [-0.2, 0) is 17.9 Å². The van der Waals surface area contributed by atoms with Crippen molar-refractivity contribution in [1.29, 1.82) is 0 Å². The molecule has 4 nitrogen and oxygen atoms in total. The van der Waals surface area contributed by atoms with Gasteiger partial charge in [-0.05, 0) is 37.8 Å². The first-order valence-electron chi connectivity index (χ1n) is 8.22. The Kier molecular flexibility index (Phi) is 12.1. The van der Waals surface area contributed by atoms with E-state index in [1.165, 1.54) is 11.1 Å². The van der Waals surface area contributed by atoms with Crippen LogP contribution in [0.25, 0.3) is 0 Å². The zero-order chi connectivity index (χ0) is 16.4. The molecular formula is C18H32IN3O. The van der Waals surface area contributed by atoms with Gasteiger partial charge in [0.05, 0.1) is 19.3 Å². The maximum atomic E-state index is 5.60. The van der Waals surface area contributed by atoms with Crippen LogP contribution >= 0.6 is 24.0 Å². The summed E-state index contributed by atoms with van der Waals surface area (Å²) < 4.78 is 5.60. The molecule has 2 N–H and O–H groups in total. The summed E-state index contributed by atoms with van der Waals surface area (Å²) in [6.07, 6.45) is 0.263. The fourth-order valence-corrected chi connectivity index (χ4v) is 1.82. The fraction of sp³-hybridized carbons (Fsp3) is 0.611. The van der Waals surface area contributed by atoms with Crippen molar-refractivity contribution in [2.45, 2.75) is 53.9 Å². The summed E-state index contributed by atoms with van der Waals surface area (Å²) in [5.41, 5.74) is 2.40. The maximum Gasteiger partial charge on any atom is 0.191 e. The zero-order valence-corrected chi connectivity index (χ0v) is 17.4. The number of guanidine groups is 1. The van der Waals surface area contributed by atoms with E-state index in [4.69, 9.17) is 4.74 Å². The highest BCUT2D eigenvalue weighted by molar-refractivity contribution is 14.0. The number of rotatable bonds is 8. The zero-order valence-electron chi connectivity index (χ0n) is 15.1. The van der Waals surface area contributed by atoms with E-state index in [0.717, 1.165) is 19.0 Å². The minimum Gasteiger partial charge on any atom is -0.374 e. The monoisotopic (exact) mass is 433 g/mol. The second-order valence-corrected chi connectivity index (χ2v) is 6.15. The number of ether oxygens (including phenoxy) is 1. The van der Waals surface area contributed by atoms with Crippen LogP contribution in [0.3, 0.4) is 0 Å². The van der Waals surface area contributed by atoms with Crippen LogP contribution in [0.2, 0.25) is 0 Å². The number of halogens is 1. The average molecular weight is 433 g/mol. The van der Waals surface area contributed by atoms with Gasteiger partial charge in [-0.2, -0.15) is 0 Å². The summed E-state index contributed by atoms with van der Waals surface area (Å²) in [6, 6.07) is 8.46. The molecule has 132 valence electrons. The summed E-state index contributed by atoms with van der Waals surface area (Å²) in [5.74, 6) is 1.48. The molecule has 0 bridgehead atoms. The third-order valence-electron chi connectivity index (χ3n) is 3.05. The lowest BCUT2D eigenvalue weighted by molar-refractivity contribution is 0.0657. The van der Waals surface area contributed by atoms with Crippen LogP contribution in [0.15, 0.2) is 29.3 Å². The molecule has 0 radical (unpaired) electrons. The van der Waals surface area contributed by atoms with Gasteiger partial charge in [0, 0.05) is 13.1 Å². The lowest BCUT2D eigenvalue weighted by atomic mass is 10.1. The average Bonchev–Trinajstić information content (AvgIpc) is 2.49. The van der Waals surface area contributed by atoms with Gasteiger partial charge in [-0.25, -0.2) is 4.99 Å². The number of benzene rings is 1. The molecular weight excluding hydrogens is 401 g/mol. The van der Waals surface area contributed by atoms with Crippen molar-refractivity contribution >= 4 is 29.9 Å². The highest BCUT2D eigenvalue weighted by atomic mass is 127. The Morgan fingerprint density at radius 3 is 2.17 bits per heavy atom. The quantitative estimate of drug-likeness (QED) is 0.371. The molecule has 0 fully saturated rings. The highest BCUT2D eigenvalue weighted by Crippen LogP contribution is 2.08. The normalized spacial score (nSPS) is 11.5. The molecule has 0 aliphatic rings. The van der Waals surface area contributed by atoms with Crippen LogP contribution < -0.4 is 10.6 Å². The molecule has 0 aliphatic heterocycles. The van der Waals surface area contributed by atoms with Crippen molar-refractivity contribution < 1.29 is 4.74 Å². The Labute approximate surface area is 158 Å². The highest BCUT2D eigenvalue weighted by Gasteiger charge is 2.00. The first-order chi connectivity index (χ1) is 10.5. The van der Waals surface area contributed by atoms with Gasteiger partial charge in [-0.3, -0.25) is 0 Å². The van der Waals surface area contributed by atoms with Gasteiger partial charge in [0.1, 0.15) is 0 Å². The van der Waals surface area contributed by atoms with Gasteiger partial charge in [0.15, 0.2) is 5.96 Å². The number of aliphatic imine (C=N–C) groups is 1.